The highest BCUT2D eigenvalue weighted by molar-refractivity contribution is 5.70. The van der Waals surface area contributed by atoms with Crippen molar-refractivity contribution in [1.82, 2.24) is 0 Å². The van der Waals surface area contributed by atoms with E-state index in [0.717, 1.165) is 135 Å². The predicted octanol–water partition coefficient (Wildman–Crippen LogP) is 16.5. The topological polar surface area (TPSA) is 111 Å². The fraction of sp³-hybridized carbons (Fsp3) is 0.627. The average Bonchev–Trinajstić information content (AvgIpc) is 3.39. The Kier molecular flexibility index (Phi) is 53.2. The molecule has 0 aromatic rings. The van der Waals surface area contributed by atoms with Gasteiger partial charge in [-0.3, -0.25) is 9.59 Å². The van der Waals surface area contributed by atoms with Gasteiger partial charge >= 0.3 is 11.9 Å². The number of carbonyl (C=O) groups is 3. The lowest BCUT2D eigenvalue weighted by Gasteiger charge is -2.26. The maximum Gasteiger partial charge on any atom is 0.306 e. The van der Waals surface area contributed by atoms with Gasteiger partial charge < -0.3 is 33.3 Å². The van der Waals surface area contributed by atoms with E-state index in [-0.39, 0.29) is 38.6 Å². The lowest BCUT2D eigenvalue weighted by molar-refractivity contribution is -0.870. The Bertz CT molecular complexity index is 1700. The van der Waals surface area contributed by atoms with Crippen LogP contribution in [0.15, 0.2) is 134 Å². The third-order valence-electron chi connectivity index (χ3n) is 12.1. The molecule has 0 saturated heterocycles. The Morgan fingerprint density at radius 3 is 1.13 bits per heavy atom. The van der Waals surface area contributed by atoms with Crippen LogP contribution in [0.5, 0.6) is 0 Å². The number of carboxylic acids is 1. The van der Waals surface area contributed by atoms with Gasteiger partial charge in [0.2, 0.25) is 0 Å². The first-order valence-electron chi connectivity index (χ1n) is 29.8. The van der Waals surface area contributed by atoms with Crippen molar-refractivity contribution >= 4 is 17.9 Å². The van der Waals surface area contributed by atoms with Crippen LogP contribution in [0.4, 0.5) is 0 Å². The zero-order chi connectivity index (χ0) is 55.5. The number of likely N-dealkylation sites (N-methyl/N-ethyl adjacent to an activating group) is 1. The summed E-state index contributed by atoms with van der Waals surface area (Å²) in [6.45, 7) is 4.53. The maximum absolute atomic E-state index is 12.8. The number of carboxylic acid groups (broad SMARTS) is 1. The molecule has 9 heteroatoms. The van der Waals surface area contributed by atoms with E-state index in [1.165, 1.54) is 44.9 Å². The summed E-state index contributed by atoms with van der Waals surface area (Å²) < 4.78 is 22.6. The van der Waals surface area contributed by atoms with Crippen LogP contribution in [0.1, 0.15) is 213 Å². The molecule has 0 aromatic carbocycles. The lowest BCUT2D eigenvalue weighted by atomic mass is 10.0. The third-order valence-corrected chi connectivity index (χ3v) is 12.1. The normalized spacial score (nSPS) is 13.8. The third kappa shape index (κ3) is 57.1. The monoisotopic (exact) mass is 1060 g/mol. The van der Waals surface area contributed by atoms with Crippen LogP contribution in [-0.4, -0.2) is 82.3 Å². The minimum atomic E-state index is -1.63. The summed E-state index contributed by atoms with van der Waals surface area (Å²) in [6, 6.07) is 0. The van der Waals surface area contributed by atoms with Gasteiger partial charge in [0.1, 0.15) is 13.2 Å². The van der Waals surface area contributed by atoms with Crippen molar-refractivity contribution in [2.24, 2.45) is 0 Å². The van der Waals surface area contributed by atoms with Crippen LogP contribution in [0.2, 0.25) is 0 Å². The molecule has 0 aromatic heterocycles. The molecule has 0 spiro atoms. The van der Waals surface area contributed by atoms with Gasteiger partial charge in [-0.15, -0.1) is 0 Å². The minimum Gasteiger partial charge on any atom is -0.545 e. The molecule has 0 aliphatic carbocycles. The number of esters is 2. The Morgan fingerprint density at radius 2 is 0.750 bits per heavy atom. The molecule has 430 valence electrons. The van der Waals surface area contributed by atoms with E-state index in [0.29, 0.717) is 17.4 Å². The smallest absolute Gasteiger partial charge is 0.306 e. The summed E-state index contributed by atoms with van der Waals surface area (Å²) >= 11 is 0. The number of ether oxygens (including phenoxy) is 4. The van der Waals surface area contributed by atoms with Gasteiger partial charge in [0.25, 0.3) is 0 Å². The van der Waals surface area contributed by atoms with E-state index in [4.69, 9.17) is 18.9 Å². The van der Waals surface area contributed by atoms with Gasteiger partial charge in [0, 0.05) is 12.8 Å². The van der Waals surface area contributed by atoms with Crippen molar-refractivity contribution in [3.8, 4) is 0 Å². The molecule has 76 heavy (non-hydrogen) atoms. The molecule has 9 nitrogen and oxygen atoms in total. The molecule has 0 radical (unpaired) electrons. The Morgan fingerprint density at radius 1 is 0.408 bits per heavy atom. The number of unbranched alkanes of at least 4 members (excludes halogenated alkanes) is 16. The SMILES string of the molecule is CC/C=C\C/C=C\C/C=C\C/C=C\C/C=C\C/C=C\C/C=C\C/C=C\C/C=C\C/C=C\CCCCCCCCCCCCC(=O)OC(COC(=O)CCCCCCC/C=C\CCC)COC(OCC[N+](C)(C)C)C(=O)[O-]. The number of nitrogens with zero attached hydrogens (tertiary/aromatic N) is 1. The molecular weight excluding hydrogens is 947 g/mol. The fourth-order valence-electron chi connectivity index (χ4n) is 7.57. The van der Waals surface area contributed by atoms with E-state index < -0.39 is 24.3 Å². The van der Waals surface area contributed by atoms with Gasteiger partial charge in [0.15, 0.2) is 12.4 Å². The van der Waals surface area contributed by atoms with E-state index >= 15 is 0 Å². The highest BCUT2D eigenvalue weighted by Gasteiger charge is 2.22. The zero-order valence-corrected chi connectivity index (χ0v) is 48.8. The standard InChI is InChI=1S/C67H109NO8/c1-6-8-10-12-14-16-18-19-20-21-22-23-24-25-26-27-28-29-30-31-32-33-34-35-36-37-38-39-40-41-42-43-44-45-46-47-48-50-52-54-56-58-65(70)76-63(62-75-67(66(71)72)73-60-59-68(3,4)5)61-74-64(69)57-55-53-51-49-17-15-13-11-9-7-2/h8,10-11,13-14,16,19-20,22-23,25-26,28-29,31-32,34-35,37-38,40-41,63,67H,6-7,9,12,15,17-18,21,24,27,30,33,36,39,42-62H2,1-5H3/b10-8-,13-11-,16-14-,20-19-,23-22-,26-25-,29-28-,32-31-,35-34-,38-37-,41-40-. The number of carbonyl (C=O) groups excluding carboxylic acids is 3. The van der Waals surface area contributed by atoms with Gasteiger partial charge in [0.05, 0.1) is 40.3 Å². The highest BCUT2D eigenvalue weighted by atomic mass is 16.7. The molecule has 0 aliphatic heterocycles. The summed E-state index contributed by atoms with van der Waals surface area (Å²) in [5, 5.41) is 11.7. The number of hydrogen-bond acceptors (Lipinski definition) is 8. The molecule has 2 atom stereocenters. The molecule has 2 unspecified atom stereocenters. The fourth-order valence-corrected chi connectivity index (χ4v) is 7.57. The van der Waals surface area contributed by atoms with Gasteiger partial charge in [-0.2, -0.15) is 0 Å². The summed E-state index contributed by atoms with van der Waals surface area (Å²) in [5.41, 5.74) is 0. The molecular formula is C67H109NO8. The Labute approximate surface area is 465 Å². The second kappa shape index (κ2) is 56.6. The van der Waals surface area contributed by atoms with Crippen LogP contribution in [0, 0.1) is 0 Å². The molecule has 0 bridgehead atoms. The van der Waals surface area contributed by atoms with Crippen molar-refractivity contribution in [2.75, 3.05) is 47.5 Å². The Hall–Kier alpha value is -4.57. The molecule has 0 amide bonds. The van der Waals surface area contributed by atoms with Crippen LogP contribution < -0.4 is 5.11 Å². The maximum atomic E-state index is 12.8. The summed E-state index contributed by atoms with van der Waals surface area (Å²) in [7, 11) is 5.90. The van der Waals surface area contributed by atoms with Crippen LogP contribution >= 0.6 is 0 Å². The van der Waals surface area contributed by atoms with Gasteiger partial charge in [-0.1, -0.05) is 225 Å². The van der Waals surface area contributed by atoms with Gasteiger partial charge in [-0.25, -0.2) is 0 Å². The quantitative estimate of drug-likeness (QED) is 0.0195. The van der Waals surface area contributed by atoms with E-state index in [2.05, 4.69) is 148 Å². The largest absolute Gasteiger partial charge is 0.545 e. The van der Waals surface area contributed by atoms with Crippen molar-refractivity contribution in [3.63, 3.8) is 0 Å². The number of allylic oxidation sites excluding steroid dienone is 22. The second-order valence-corrected chi connectivity index (χ2v) is 20.5. The van der Waals surface area contributed by atoms with Crippen molar-refractivity contribution in [3.05, 3.63) is 134 Å². The number of aliphatic carboxylic acids is 1. The molecule has 0 N–H and O–H groups in total. The molecule has 0 rings (SSSR count). The van der Waals surface area contributed by atoms with Crippen LogP contribution in [-0.2, 0) is 33.3 Å². The molecule has 0 aliphatic rings. The first-order chi connectivity index (χ1) is 37.1. The van der Waals surface area contributed by atoms with Crippen molar-refractivity contribution in [2.45, 2.75) is 225 Å². The van der Waals surface area contributed by atoms with Gasteiger partial charge in [-0.05, 0) is 109 Å². The van der Waals surface area contributed by atoms with E-state index in [9.17, 15) is 19.5 Å². The minimum absolute atomic E-state index is 0.140. The van der Waals surface area contributed by atoms with Crippen LogP contribution in [0.25, 0.3) is 0 Å². The Balaban J connectivity index is 4.09. The van der Waals surface area contributed by atoms with Crippen LogP contribution in [0.3, 0.4) is 0 Å². The average molecular weight is 1060 g/mol. The van der Waals surface area contributed by atoms with E-state index in [1.54, 1.807) is 0 Å². The second-order valence-electron chi connectivity index (χ2n) is 20.5. The van der Waals surface area contributed by atoms with E-state index in [1.807, 2.05) is 21.1 Å². The highest BCUT2D eigenvalue weighted by Crippen LogP contribution is 2.14. The number of rotatable bonds is 53. The summed E-state index contributed by atoms with van der Waals surface area (Å²) in [4.78, 5) is 37.1. The lowest BCUT2D eigenvalue weighted by Crippen LogP contribution is -2.44. The summed E-state index contributed by atoms with van der Waals surface area (Å²) in [5.74, 6) is -2.32. The molecule has 0 fully saturated rings. The molecule has 0 saturated carbocycles. The van der Waals surface area contributed by atoms with Crippen molar-refractivity contribution < 1.29 is 42.9 Å². The predicted molar refractivity (Wildman–Crippen MR) is 319 cm³/mol. The summed E-state index contributed by atoms with van der Waals surface area (Å²) in [6.07, 6.45) is 78.1. The molecule has 0 heterocycles. The number of hydrogen-bond donors (Lipinski definition) is 0. The first kappa shape index (κ1) is 71.4. The number of quaternary nitrogens is 1. The first-order valence-corrected chi connectivity index (χ1v) is 29.8. The zero-order valence-electron chi connectivity index (χ0n) is 48.8. The van der Waals surface area contributed by atoms with Crippen molar-refractivity contribution in [1.29, 1.82) is 0 Å².